The number of para-hydroxylation sites is 1. The van der Waals surface area contributed by atoms with Gasteiger partial charge >= 0.3 is 0 Å². The molecule has 2 N–H and O–H groups in total. The Hall–Kier alpha value is -1.06. The van der Waals surface area contributed by atoms with Gasteiger partial charge in [-0.1, -0.05) is 23.7 Å². The molecule has 19 heavy (non-hydrogen) atoms. The van der Waals surface area contributed by atoms with Gasteiger partial charge in [0.25, 0.3) is 0 Å². The molecule has 4 heteroatoms. The van der Waals surface area contributed by atoms with Crippen molar-refractivity contribution in [3.63, 3.8) is 0 Å². The molecule has 1 saturated heterocycles. The Balaban J connectivity index is 1.70. The lowest BCUT2D eigenvalue weighted by Crippen LogP contribution is -2.31. The van der Waals surface area contributed by atoms with Crippen molar-refractivity contribution in [2.75, 3.05) is 18.4 Å². The Morgan fingerprint density at radius 1 is 1.42 bits per heavy atom. The van der Waals surface area contributed by atoms with Crippen LogP contribution in [-0.4, -0.2) is 19.0 Å². The Morgan fingerprint density at radius 3 is 2.84 bits per heavy atom. The van der Waals surface area contributed by atoms with E-state index in [1.807, 2.05) is 25.1 Å². The summed E-state index contributed by atoms with van der Waals surface area (Å²) in [7, 11) is 0. The highest BCUT2D eigenvalue weighted by molar-refractivity contribution is 6.34. The number of carbonyl (C=O) groups excluding carboxylic acids is 1. The largest absolute Gasteiger partial charge is 0.324 e. The molecule has 2 fully saturated rings. The highest BCUT2D eigenvalue weighted by Crippen LogP contribution is 2.58. The summed E-state index contributed by atoms with van der Waals surface area (Å²) in [6.07, 6.45) is 3.27. The fourth-order valence-corrected chi connectivity index (χ4v) is 3.47. The first-order valence-electron chi connectivity index (χ1n) is 6.89. The molecule has 1 aromatic carbocycles. The first-order valence-corrected chi connectivity index (χ1v) is 7.27. The molecule has 3 rings (SSSR count). The first kappa shape index (κ1) is 12.9. The van der Waals surface area contributed by atoms with E-state index in [0.29, 0.717) is 5.02 Å². The van der Waals surface area contributed by atoms with Gasteiger partial charge in [-0.15, -0.1) is 0 Å². The summed E-state index contributed by atoms with van der Waals surface area (Å²) in [5, 5.41) is 6.99. The van der Waals surface area contributed by atoms with Crippen LogP contribution in [0.2, 0.25) is 5.02 Å². The minimum absolute atomic E-state index is 0.137. The van der Waals surface area contributed by atoms with Gasteiger partial charge in [-0.25, -0.2) is 0 Å². The number of rotatable bonds is 2. The van der Waals surface area contributed by atoms with Crippen molar-refractivity contribution >= 4 is 23.2 Å². The topological polar surface area (TPSA) is 41.1 Å². The monoisotopic (exact) mass is 278 g/mol. The van der Waals surface area contributed by atoms with Gasteiger partial charge in [0.2, 0.25) is 5.91 Å². The van der Waals surface area contributed by atoms with Crippen LogP contribution in [0.4, 0.5) is 5.69 Å². The number of carbonyl (C=O) groups is 1. The quantitative estimate of drug-likeness (QED) is 0.873. The van der Waals surface area contributed by atoms with E-state index in [2.05, 4.69) is 10.6 Å². The molecule has 1 amide bonds. The number of benzene rings is 1. The standard InChI is InChI=1S/C15H19ClN2O/c1-10-3-2-4-12(16)13(10)18-14(19)11-9-15(11)5-7-17-8-6-15/h2-4,11,17H,5-9H2,1H3,(H,18,19). The maximum atomic E-state index is 12.4. The fraction of sp³-hybridized carbons (Fsp3) is 0.533. The summed E-state index contributed by atoms with van der Waals surface area (Å²) in [5.41, 5.74) is 2.05. The Labute approximate surface area is 118 Å². The normalized spacial score (nSPS) is 24.2. The molecule has 1 aliphatic heterocycles. The predicted octanol–water partition coefficient (Wildman–Crippen LogP) is 2.98. The summed E-state index contributed by atoms with van der Waals surface area (Å²) in [4.78, 5) is 12.4. The van der Waals surface area contributed by atoms with Crippen molar-refractivity contribution in [1.29, 1.82) is 0 Å². The fourth-order valence-electron chi connectivity index (χ4n) is 3.20. The van der Waals surface area contributed by atoms with Gasteiger partial charge in [0, 0.05) is 5.92 Å². The maximum Gasteiger partial charge on any atom is 0.228 e. The van der Waals surface area contributed by atoms with E-state index in [4.69, 9.17) is 11.6 Å². The molecular formula is C15H19ClN2O. The number of hydrogen-bond acceptors (Lipinski definition) is 2. The van der Waals surface area contributed by atoms with Crippen LogP contribution in [0.3, 0.4) is 0 Å². The molecule has 3 nitrogen and oxygen atoms in total. The average Bonchev–Trinajstić information content (AvgIpc) is 3.08. The molecule has 1 aromatic rings. The van der Waals surface area contributed by atoms with Crippen molar-refractivity contribution in [2.24, 2.45) is 11.3 Å². The lowest BCUT2D eigenvalue weighted by atomic mass is 9.91. The number of nitrogens with one attached hydrogen (secondary N) is 2. The van der Waals surface area contributed by atoms with Crippen LogP contribution in [0.1, 0.15) is 24.8 Å². The highest BCUT2D eigenvalue weighted by Gasteiger charge is 2.57. The van der Waals surface area contributed by atoms with Crippen LogP contribution in [0, 0.1) is 18.3 Å². The molecule has 1 atom stereocenters. The molecule has 1 spiro atoms. The zero-order valence-corrected chi connectivity index (χ0v) is 11.9. The molecular weight excluding hydrogens is 260 g/mol. The van der Waals surface area contributed by atoms with Gasteiger partial charge in [0.15, 0.2) is 0 Å². The van der Waals surface area contributed by atoms with E-state index in [0.717, 1.165) is 43.6 Å². The highest BCUT2D eigenvalue weighted by atomic mass is 35.5. The SMILES string of the molecule is Cc1cccc(Cl)c1NC(=O)C1CC12CCNCC2. The van der Waals surface area contributed by atoms with Crippen LogP contribution in [-0.2, 0) is 4.79 Å². The van der Waals surface area contributed by atoms with Crippen LogP contribution in [0.5, 0.6) is 0 Å². The van der Waals surface area contributed by atoms with E-state index in [-0.39, 0.29) is 17.2 Å². The van der Waals surface area contributed by atoms with Gasteiger partial charge in [-0.3, -0.25) is 4.79 Å². The summed E-state index contributed by atoms with van der Waals surface area (Å²) >= 11 is 6.15. The molecule has 102 valence electrons. The summed E-state index contributed by atoms with van der Waals surface area (Å²) in [6.45, 7) is 4.04. The van der Waals surface area contributed by atoms with Crippen molar-refractivity contribution in [2.45, 2.75) is 26.2 Å². The van der Waals surface area contributed by atoms with Crippen LogP contribution in [0.15, 0.2) is 18.2 Å². The zero-order chi connectivity index (χ0) is 13.5. The van der Waals surface area contributed by atoms with Crippen LogP contribution >= 0.6 is 11.6 Å². The van der Waals surface area contributed by atoms with Crippen molar-refractivity contribution in [3.8, 4) is 0 Å². The van der Waals surface area contributed by atoms with Crippen molar-refractivity contribution < 1.29 is 4.79 Å². The number of anilines is 1. The van der Waals surface area contributed by atoms with E-state index in [1.165, 1.54) is 0 Å². The van der Waals surface area contributed by atoms with Gasteiger partial charge in [-0.2, -0.15) is 0 Å². The third-order valence-corrected chi connectivity index (χ3v) is 4.89. The van der Waals surface area contributed by atoms with E-state index >= 15 is 0 Å². The van der Waals surface area contributed by atoms with Gasteiger partial charge in [0.1, 0.15) is 0 Å². The molecule has 1 aliphatic carbocycles. The lowest BCUT2D eigenvalue weighted by molar-refractivity contribution is -0.118. The number of aryl methyl sites for hydroxylation is 1. The number of hydrogen-bond donors (Lipinski definition) is 2. The molecule has 1 saturated carbocycles. The van der Waals surface area contributed by atoms with Crippen LogP contribution in [0.25, 0.3) is 0 Å². The molecule has 1 unspecified atom stereocenters. The maximum absolute atomic E-state index is 12.4. The Morgan fingerprint density at radius 2 is 2.16 bits per heavy atom. The number of piperidine rings is 1. The smallest absolute Gasteiger partial charge is 0.228 e. The molecule has 0 radical (unpaired) electrons. The van der Waals surface area contributed by atoms with Crippen molar-refractivity contribution in [1.82, 2.24) is 5.32 Å². The number of halogens is 1. The van der Waals surface area contributed by atoms with Gasteiger partial charge < -0.3 is 10.6 Å². The van der Waals surface area contributed by atoms with Gasteiger partial charge in [-0.05, 0) is 56.3 Å². The molecule has 2 aliphatic rings. The van der Waals surface area contributed by atoms with Crippen LogP contribution < -0.4 is 10.6 Å². The minimum Gasteiger partial charge on any atom is -0.324 e. The molecule has 1 heterocycles. The lowest BCUT2D eigenvalue weighted by Gasteiger charge is -2.23. The summed E-state index contributed by atoms with van der Waals surface area (Å²) in [5.74, 6) is 0.309. The molecule has 0 aromatic heterocycles. The third kappa shape index (κ3) is 2.37. The van der Waals surface area contributed by atoms with E-state index < -0.39 is 0 Å². The second kappa shape index (κ2) is 4.80. The van der Waals surface area contributed by atoms with Gasteiger partial charge in [0.05, 0.1) is 10.7 Å². The average molecular weight is 279 g/mol. The third-order valence-electron chi connectivity index (χ3n) is 4.58. The zero-order valence-electron chi connectivity index (χ0n) is 11.1. The second-order valence-corrected chi connectivity index (χ2v) is 6.20. The second-order valence-electron chi connectivity index (χ2n) is 5.79. The van der Waals surface area contributed by atoms with Crippen molar-refractivity contribution in [3.05, 3.63) is 28.8 Å². The predicted molar refractivity (Wildman–Crippen MR) is 77.5 cm³/mol. The minimum atomic E-state index is 0.137. The number of amides is 1. The first-order chi connectivity index (χ1) is 9.12. The summed E-state index contributed by atoms with van der Waals surface area (Å²) < 4.78 is 0. The Kier molecular flexibility index (Phi) is 3.27. The Bertz CT molecular complexity index is 489. The molecule has 0 bridgehead atoms. The summed E-state index contributed by atoms with van der Waals surface area (Å²) in [6, 6.07) is 5.69. The van der Waals surface area contributed by atoms with E-state index in [9.17, 15) is 4.79 Å². The van der Waals surface area contributed by atoms with E-state index in [1.54, 1.807) is 0 Å².